The molecule has 0 fully saturated rings. The van der Waals surface area contributed by atoms with E-state index in [0.29, 0.717) is 0 Å². The Morgan fingerprint density at radius 2 is 2.16 bits per heavy atom. The summed E-state index contributed by atoms with van der Waals surface area (Å²) in [5, 5.41) is 7.72. The van der Waals surface area contributed by atoms with Crippen LogP contribution in [-0.2, 0) is 13.5 Å². The monoisotopic (exact) mass is 323 g/mol. The molecule has 1 unspecified atom stereocenters. The molecule has 0 bridgehead atoms. The summed E-state index contributed by atoms with van der Waals surface area (Å²) in [7, 11) is 3.91. The number of nitrogens with one attached hydrogen (secondary N) is 1. The van der Waals surface area contributed by atoms with Gasteiger partial charge in [-0.25, -0.2) is 9.97 Å². The largest absolute Gasteiger partial charge is 0.311 e. The van der Waals surface area contributed by atoms with Gasteiger partial charge in [-0.2, -0.15) is 5.10 Å². The van der Waals surface area contributed by atoms with E-state index in [1.807, 2.05) is 38.7 Å². The Hall–Kier alpha value is -1.27. The van der Waals surface area contributed by atoms with E-state index in [-0.39, 0.29) is 6.04 Å². The topological polar surface area (TPSA) is 55.6 Å². The normalized spacial score (nSPS) is 12.7. The highest BCUT2D eigenvalue weighted by Gasteiger charge is 2.18. The highest BCUT2D eigenvalue weighted by atomic mass is 79.9. The lowest BCUT2D eigenvalue weighted by molar-refractivity contribution is 0.545. The smallest absolute Gasteiger partial charge is 0.125 e. The Labute approximate surface area is 121 Å². The van der Waals surface area contributed by atoms with Crippen molar-refractivity contribution in [2.75, 3.05) is 7.05 Å². The zero-order chi connectivity index (χ0) is 14.0. The van der Waals surface area contributed by atoms with Crippen molar-refractivity contribution >= 4 is 15.9 Å². The molecular weight excluding hydrogens is 306 g/mol. The molecule has 0 aliphatic rings. The quantitative estimate of drug-likeness (QED) is 0.936. The molecule has 2 rings (SSSR count). The van der Waals surface area contributed by atoms with Crippen LogP contribution >= 0.6 is 15.9 Å². The summed E-state index contributed by atoms with van der Waals surface area (Å²) in [5.74, 6) is 0.790. The molecule has 0 aliphatic heterocycles. The van der Waals surface area contributed by atoms with Crippen LogP contribution in [0.4, 0.5) is 0 Å². The van der Waals surface area contributed by atoms with Crippen LogP contribution in [0.2, 0.25) is 0 Å². The van der Waals surface area contributed by atoms with Gasteiger partial charge < -0.3 is 5.32 Å². The van der Waals surface area contributed by atoms with E-state index < -0.39 is 0 Å². The third kappa shape index (κ3) is 3.01. The third-order valence-corrected chi connectivity index (χ3v) is 4.19. The maximum Gasteiger partial charge on any atom is 0.125 e. The third-order valence-electron chi connectivity index (χ3n) is 3.16. The Morgan fingerprint density at radius 1 is 1.42 bits per heavy atom. The fraction of sp³-hybridized carbons (Fsp3) is 0.462. The first-order valence-electron chi connectivity index (χ1n) is 6.17. The van der Waals surface area contributed by atoms with Crippen molar-refractivity contribution in [3.8, 4) is 0 Å². The molecule has 0 amide bonds. The molecule has 5 nitrogen and oxygen atoms in total. The Balaban J connectivity index is 2.29. The summed E-state index contributed by atoms with van der Waals surface area (Å²) < 4.78 is 2.98. The van der Waals surface area contributed by atoms with Crippen LogP contribution in [0.15, 0.2) is 16.7 Å². The second-order valence-electron chi connectivity index (χ2n) is 4.54. The van der Waals surface area contributed by atoms with Gasteiger partial charge >= 0.3 is 0 Å². The number of aryl methyl sites for hydroxylation is 3. The highest BCUT2D eigenvalue weighted by molar-refractivity contribution is 9.10. The molecule has 1 N–H and O–H groups in total. The predicted octanol–water partition coefficient (Wildman–Crippen LogP) is 2.09. The second-order valence-corrected chi connectivity index (χ2v) is 5.34. The maximum atomic E-state index is 4.49. The standard InChI is InChI=1S/C13H18BrN5/c1-8-13(14)12(19(4)18-8)7-11(15-3)10-5-6-16-9(2)17-10/h5-6,11,15H,7H2,1-4H3. The first-order valence-corrected chi connectivity index (χ1v) is 6.97. The van der Waals surface area contributed by atoms with Crippen LogP contribution in [0, 0.1) is 13.8 Å². The van der Waals surface area contributed by atoms with E-state index in [4.69, 9.17) is 0 Å². The SMILES string of the molecule is CNC(Cc1c(Br)c(C)nn1C)c1ccnc(C)n1. The maximum absolute atomic E-state index is 4.49. The molecule has 2 heterocycles. The van der Waals surface area contributed by atoms with Crippen molar-refractivity contribution in [3.05, 3.63) is 39.6 Å². The van der Waals surface area contributed by atoms with Gasteiger partial charge in [-0.1, -0.05) is 0 Å². The molecule has 0 spiro atoms. The lowest BCUT2D eigenvalue weighted by atomic mass is 10.1. The summed E-state index contributed by atoms with van der Waals surface area (Å²) in [5.41, 5.74) is 3.17. The minimum atomic E-state index is 0.146. The van der Waals surface area contributed by atoms with Gasteiger partial charge in [-0.05, 0) is 42.9 Å². The van der Waals surface area contributed by atoms with E-state index in [2.05, 4.69) is 36.3 Å². The van der Waals surface area contributed by atoms with Crippen LogP contribution < -0.4 is 5.32 Å². The van der Waals surface area contributed by atoms with Gasteiger partial charge in [-0.3, -0.25) is 4.68 Å². The lowest BCUT2D eigenvalue weighted by Gasteiger charge is -2.16. The molecule has 2 aromatic heterocycles. The number of halogens is 1. The molecule has 0 aromatic carbocycles. The van der Waals surface area contributed by atoms with Crippen molar-refractivity contribution in [1.29, 1.82) is 0 Å². The second kappa shape index (κ2) is 5.79. The Kier molecular flexibility index (Phi) is 4.31. The molecule has 0 saturated heterocycles. The molecule has 0 radical (unpaired) electrons. The number of aromatic nitrogens is 4. The molecule has 19 heavy (non-hydrogen) atoms. The molecule has 0 saturated carbocycles. The summed E-state index contributed by atoms with van der Waals surface area (Å²) in [6.07, 6.45) is 2.62. The minimum Gasteiger partial charge on any atom is -0.311 e. The van der Waals surface area contributed by atoms with E-state index in [0.717, 1.165) is 33.8 Å². The summed E-state index contributed by atoms with van der Waals surface area (Å²) in [4.78, 5) is 8.63. The summed E-state index contributed by atoms with van der Waals surface area (Å²) in [6, 6.07) is 2.10. The molecular formula is C13H18BrN5. The van der Waals surface area contributed by atoms with Crippen LogP contribution in [0.1, 0.15) is 28.9 Å². The van der Waals surface area contributed by atoms with Gasteiger partial charge in [-0.15, -0.1) is 0 Å². The van der Waals surface area contributed by atoms with Crippen LogP contribution in [0.25, 0.3) is 0 Å². The fourth-order valence-corrected chi connectivity index (χ4v) is 2.62. The highest BCUT2D eigenvalue weighted by Crippen LogP contribution is 2.25. The van der Waals surface area contributed by atoms with Gasteiger partial charge in [0.15, 0.2) is 0 Å². The van der Waals surface area contributed by atoms with Crippen molar-refractivity contribution in [1.82, 2.24) is 25.1 Å². The minimum absolute atomic E-state index is 0.146. The number of hydrogen-bond donors (Lipinski definition) is 1. The number of likely N-dealkylation sites (N-methyl/N-ethyl adjacent to an activating group) is 1. The average Bonchev–Trinajstić information content (AvgIpc) is 2.61. The van der Waals surface area contributed by atoms with Gasteiger partial charge in [0.05, 0.1) is 27.6 Å². The van der Waals surface area contributed by atoms with Crippen molar-refractivity contribution < 1.29 is 0 Å². The van der Waals surface area contributed by atoms with Crippen molar-refractivity contribution in [2.45, 2.75) is 26.3 Å². The summed E-state index contributed by atoms with van der Waals surface area (Å²) in [6.45, 7) is 3.90. The predicted molar refractivity (Wildman–Crippen MR) is 77.9 cm³/mol. The van der Waals surface area contributed by atoms with E-state index >= 15 is 0 Å². The van der Waals surface area contributed by atoms with E-state index in [9.17, 15) is 0 Å². The van der Waals surface area contributed by atoms with Gasteiger partial charge in [0.1, 0.15) is 5.82 Å². The molecule has 6 heteroatoms. The molecule has 2 aromatic rings. The Morgan fingerprint density at radius 3 is 2.68 bits per heavy atom. The Bertz CT molecular complexity index is 578. The van der Waals surface area contributed by atoms with Crippen LogP contribution in [0.3, 0.4) is 0 Å². The van der Waals surface area contributed by atoms with E-state index in [1.165, 1.54) is 0 Å². The zero-order valence-electron chi connectivity index (χ0n) is 11.6. The number of nitrogens with zero attached hydrogens (tertiary/aromatic N) is 4. The van der Waals surface area contributed by atoms with E-state index in [1.54, 1.807) is 6.20 Å². The van der Waals surface area contributed by atoms with Crippen LogP contribution in [-0.4, -0.2) is 26.8 Å². The lowest BCUT2D eigenvalue weighted by Crippen LogP contribution is -2.21. The first kappa shape index (κ1) is 14.1. The van der Waals surface area contributed by atoms with Crippen molar-refractivity contribution in [3.63, 3.8) is 0 Å². The van der Waals surface area contributed by atoms with Gasteiger partial charge in [0.25, 0.3) is 0 Å². The van der Waals surface area contributed by atoms with Gasteiger partial charge in [0.2, 0.25) is 0 Å². The van der Waals surface area contributed by atoms with Crippen LogP contribution in [0.5, 0.6) is 0 Å². The zero-order valence-corrected chi connectivity index (χ0v) is 13.2. The van der Waals surface area contributed by atoms with Gasteiger partial charge in [0, 0.05) is 19.7 Å². The molecule has 102 valence electrons. The number of hydrogen-bond acceptors (Lipinski definition) is 4. The fourth-order valence-electron chi connectivity index (χ4n) is 2.12. The van der Waals surface area contributed by atoms with Crippen molar-refractivity contribution in [2.24, 2.45) is 7.05 Å². The number of rotatable bonds is 4. The summed E-state index contributed by atoms with van der Waals surface area (Å²) >= 11 is 3.60. The molecule has 1 atom stereocenters. The first-order chi connectivity index (χ1) is 9.02. The molecule has 0 aliphatic carbocycles. The average molecular weight is 324 g/mol.